The fourth-order valence-corrected chi connectivity index (χ4v) is 6.02. The van der Waals surface area contributed by atoms with Crippen LogP contribution in [0.5, 0.6) is 0 Å². The largest absolute Gasteiger partial charge is 0.481 e. The van der Waals surface area contributed by atoms with Gasteiger partial charge in [-0.3, -0.25) is 4.79 Å². The summed E-state index contributed by atoms with van der Waals surface area (Å²) in [4.78, 5) is 10.5. The van der Waals surface area contributed by atoms with E-state index in [1.165, 1.54) is 44.3 Å². The van der Waals surface area contributed by atoms with Crippen LogP contribution >= 0.6 is 11.8 Å². The molecule has 0 heterocycles. The van der Waals surface area contributed by atoms with E-state index in [4.69, 9.17) is 5.11 Å². The predicted octanol–water partition coefficient (Wildman–Crippen LogP) is 5.53. The fourth-order valence-electron chi connectivity index (χ4n) is 4.43. The zero-order chi connectivity index (χ0) is 15.8. The van der Waals surface area contributed by atoms with Crippen molar-refractivity contribution in [2.24, 2.45) is 17.8 Å². The summed E-state index contributed by atoms with van der Waals surface area (Å²) in [6.07, 6.45) is 16.4. The number of hydrogen-bond acceptors (Lipinski definition) is 2. The van der Waals surface area contributed by atoms with Gasteiger partial charge in [-0.1, -0.05) is 38.3 Å². The van der Waals surface area contributed by atoms with Crippen molar-refractivity contribution in [3.05, 3.63) is 12.2 Å². The van der Waals surface area contributed by atoms with E-state index in [1.807, 2.05) is 0 Å². The van der Waals surface area contributed by atoms with Gasteiger partial charge in [-0.05, 0) is 56.3 Å². The minimum atomic E-state index is -0.648. The first-order valence-electron chi connectivity index (χ1n) is 9.20. The number of fused-ring (bicyclic) bond motifs is 2. The Morgan fingerprint density at radius 3 is 2.68 bits per heavy atom. The quantitative estimate of drug-likeness (QED) is 0.401. The molecule has 22 heavy (non-hydrogen) atoms. The van der Waals surface area contributed by atoms with Crippen LogP contribution < -0.4 is 0 Å². The van der Waals surface area contributed by atoms with E-state index in [0.29, 0.717) is 6.42 Å². The van der Waals surface area contributed by atoms with Gasteiger partial charge in [0.1, 0.15) is 0 Å². The minimum Gasteiger partial charge on any atom is -0.481 e. The van der Waals surface area contributed by atoms with Crippen molar-refractivity contribution in [2.75, 3.05) is 5.75 Å². The molecule has 2 fully saturated rings. The molecule has 0 radical (unpaired) electrons. The van der Waals surface area contributed by atoms with Crippen molar-refractivity contribution in [3.8, 4) is 0 Å². The Bertz CT molecular complexity index is 366. The van der Waals surface area contributed by atoms with E-state index >= 15 is 0 Å². The molecule has 0 aromatic rings. The van der Waals surface area contributed by atoms with Gasteiger partial charge in [-0.2, -0.15) is 11.8 Å². The number of hydrogen-bond donors (Lipinski definition) is 1. The first-order valence-corrected chi connectivity index (χ1v) is 10.3. The van der Waals surface area contributed by atoms with Crippen LogP contribution in [0.3, 0.4) is 0 Å². The number of thioether (sulfide) groups is 1. The molecule has 4 atom stereocenters. The lowest BCUT2D eigenvalue weighted by Crippen LogP contribution is -2.25. The maximum atomic E-state index is 10.5. The predicted molar refractivity (Wildman–Crippen MR) is 95.3 cm³/mol. The smallest absolute Gasteiger partial charge is 0.303 e. The Balaban J connectivity index is 1.66. The topological polar surface area (TPSA) is 37.3 Å². The van der Waals surface area contributed by atoms with Crippen molar-refractivity contribution in [3.63, 3.8) is 0 Å². The number of carboxylic acids is 1. The van der Waals surface area contributed by atoms with Crippen molar-refractivity contribution >= 4 is 17.7 Å². The molecule has 2 saturated carbocycles. The minimum absolute atomic E-state index is 0.344. The van der Waals surface area contributed by atoms with Gasteiger partial charge in [0, 0.05) is 17.4 Å². The molecule has 126 valence electrons. The lowest BCUT2D eigenvalue weighted by molar-refractivity contribution is -0.137. The summed E-state index contributed by atoms with van der Waals surface area (Å²) >= 11 is 2.20. The van der Waals surface area contributed by atoms with Gasteiger partial charge < -0.3 is 5.11 Å². The van der Waals surface area contributed by atoms with Crippen LogP contribution in [0.25, 0.3) is 0 Å². The molecule has 2 bridgehead atoms. The Kier molecular flexibility index (Phi) is 7.85. The van der Waals surface area contributed by atoms with Gasteiger partial charge in [0.2, 0.25) is 0 Å². The molecule has 0 amide bonds. The van der Waals surface area contributed by atoms with Crippen molar-refractivity contribution in [1.82, 2.24) is 0 Å². The van der Waals surface area contributed by atoms with Crippen LogP contribution in [0.2, 0.25) is 0 Å². The SMILES string of the molecule is CCC=CCSC1C2CCC(C2)C1CCCCCCC(=O)O. The van der Waals surface area contributed by atoms with Crippen molar-refractivity contribution < 1.29 is 9.90 Å². The van der Waals surface area contributed by atoms with Gasteiger partial charge in [0.05, 0.1) is 0 Å². The van der Waals surface area contributed by atoms with Crippen molar-refractivity contribution in [2.45, 2.75) is 76.4 Å². The van der Waals surface area contributed by atoms with E-state index < -0.39 is 5.97 Å². The second-order valence-corrected chi connectivity index (χ2v) is 8.23. The van der Waals surface area contributed by atoms with Gasteiger partial charge in [0.25, 0.3) is 0 Å². The second-order valence-electron chi connectivity index (χ2n) is 7.02. The van der Waals surface area contributed by atoms with E-state index in [2.05, 4.69) is 30.8 Å². The molecule has 0 saturated heterocycles. The monoisotopic (exact) mass is 324 g/mol. The third kappa shape index (κ3) is 5.33. The standard InChI is InChI=1S/C19H32O2S/c1-2-3-8-13-22-19-16-12-11-15(14-16)17(19)9-6-4-5-7-10-18(20)21/h3,8,15-17,19H,2,4-7,9-14H2,1H3,(H,20,21). The average Bonchev–Trinajstić information content (AvgIpc) is 3.08. The molecule has 2 aliphatic rings. The molecule has 0 aromatic carbocycles. The number of unbranched alkanes of at least 4 members (excludes halogenated alkanes) is 3. The highest BCUT2D eigenvalue weighted by Crippen LogP contribution is 2.54. The molecule has 1 N–H and O–H groups in total. The molecule has 0 aliphatic heterocycles. The van der Waals surface area contributed by atoms with E-state index in [-0.39, 0.29) is 0 Å². The van der Waals surface area contributed by atoms with Crippen LogP contribution in [0.1, 0.15) is 71.1 Å². The van der Waals surface area contributed by atoms with Crippen LogP contribution in [-0.4, -0.2) is 22.1 Å². The fraction of sp³-hybridized carbons (Fsp3) is 0.842. The number of carboxylic acid groups (broad SMARTS) is 1. The maximum Gasteiger partial charge on any atom is 0.303 e. The van der Waals surface area contributed by atoms with Crippen molar-refractivity contribution in [1.29, 1.82) is 0 Å². The third-order valence-corrected chi connectivity index (χ3v) is 6.98. The zero-order valence-electron chi connectivity index (χ0n) is 14.0. The zero-order valence-corrected chi connectivity index (χ0v) is 14.8. The lowest BCUT2D eigenvalue weighted by atomic mass is 9.84. The Morgan fingerprint density at radius 1 is 1.14 bits per heavy atom. The Labute approximate surface area is 140 Å². The molecule has 3 heteroatoms. The molecule has 0 aromatic heterocycles. The van der Waals surface area contributed by atoms with E-state index in [0.717, 1.165) is 42.3 Å². The molecule has 0 spiro atoms. The van der Waals surface area contributed by atoms with Crippen LogP contribution in [-0.2, 0) is 4.79 Å². The highest BCUT2D eigenvalue weighted by Gasteiger charge is 2.46. The second kappa shape index (κ2) is 9.64. The van der Waals surface area contributed by atoms with Gasteiger partial charge in [-0.15, -0.1) is 0 Å². The van der Waals surface area contributed by atoms with Crippen LogP contribution in [0.15, 0.2) is 12.2 Å². The number of aliphatic carboxylic acids is 1. The number of allylic oxidation sites excluding steroid dienone is 1. The summed E-state index contributed by atoms with van der Waals surface area (Å²) in [5, 5.41) is 9.56. The number of rotatable bonds is 11. The molecule has 2 nitrogen and oxygen atoms in total. The van der Waals surface area contributed by atoms with Gasteiger partial charge in [0.15, 0.2) is 0 Å². The van der Waals surface area contributed by atoms with Gasteiger partial charge in [-0.25, -0.2) is 0 Å². The normalized spacial score (nSPS) is 30.4. The summed E-state index contributed by atoms with van der Waals surface area (Å²) in [5.41, 5.74) is 0. The van der Waals surface area contributed by atoms with Crippen LogP contribution in [0, 0.1) is 17.8 Å². The molecular formula is C19H32O2S. The summed E-state index contributed by atoms with van der Waals surface area (Å²) in [7, 11) is 0. The Hall–Kier alpha value is -0.440. The third-order valence-electron chi connectivity index (χ3n) is 5.47. The van der Waals surface area contributed by atoms with E-state index in [9.17, 15) is 4.79 Å². The first kappa shape index (κ1) is 17.9. The highest BCUT2D eigenvalue weighted by molar-refractivity contribution is 8.00. The number of carbonyl (C=O) groups is 1. The van der Waals surface area contributed by atoms with E-state index in [1.54, 1.807) is 0 Å². The van der Waals surface area contributed by atoms with Crippen LogP contribution in [0.4, 0.5) is 0 Å². The first-order chi connectivity index (χ1) is 10.7. The summed E-state index contributed by atoms with van der Waals surface area (Å²) in [6.45, 7) is 2.20. The molecule has 2 aliphatic carbocycles. The summed E-state index contributed by atoms with van der Waals surface area (Å²) in [5.74, 6) is 3.47. The maximum absolute atomic E-state index is 10.5. The summed E-state index contributed by atoms with van der Waals surface area (Å²) in [6, 6.07) is 0. The molecular weight excluding hydrogens is 292 g/mol. The average molecular weight is 325 g/mol. The van der Waals surface area contributed by atoms with Gasteiger partial charge >= 0.3 is 5.97 Å². The lowest BCUT2D eigenvalue weighted by Gasteiger charge is -2.30. The molecule has 2 rings (SSSR count). The molecule has 4 unspecified atom stereocenters. The Morgan fingerprint density at radius 2 is 1.91 bits per heavy atom. The highest BCUT2D eigenvalue weighted by atomic mass is 32.2. The summed E-state index contributed by atoms with van der Waals surface area (Å²) < 4.78 is 0.